The minimum absolute atomic E-state index is 0.0540. The number of halogens is 1. The Labute approximate surface area is 150 Å². The lowest BCUT2D eigenvalue weighted by Gasteiger charge is -2.09. The second-order valence-electron chi connectivity index (χ2n) is 5.70. The van der Waals surface area contributed by atoms with Crippen molar-refractivity contribution >= 4 is 39.1 Å². The molecule has 1 aliphatic carbocycles. The molecule has 0 bridgehead atoms. The van der Waals surface area contributed by atoms with Gasteiger partial charge in [0.1, 0.15) is 0 Å². The molecule has 0 spiro atoms. The van der Waals surface area contributed by atoms with E-state index in [1.807, 2.05) is 4.72 Å². The van der Waals surface area contributed by atoms with Crippen molar-refractivity contribution < 1.29 is 18.0 Å². The number of hydrogen-bond donors (Lipinski definition) is 2. The molecule has 3 rings (SSSR count). The maximum atomic E-state index is 12.3. The first-order valence-electron chi connectivity index (χ1n) is 7.59. The summed E-state index contributed by atoms with van der Waals surface area (Å²) in [6.07, 6.45) is 1.76. The van der Waals surface area contributed by atoms with Gasteiger partial charge in [0, 0.05) is 11.6 Å². The molecule has 0 atom stereocenters. The summed E-state index contributed by atoms with van der Waals surface area (Å²) >= 11 is 5.90. The van der Waals surface area contributed by atoms with Crippen molar-refractivity contribution in [3.05, 3.63) is 59.1 Å². The number of sulfonamides is 1. The van der Waals surface area contributed by atoms with E-state index in [4.69, 9.17) is 11.6 Å². The Morgan fingerprint density at radius 2 is 1.64 bits per heavy atom. The number of nitrogens with one attached hydrogen (secondary N) is 2. The molecule has 0 radical (unpaired) electrons. The van der Waals surface area contributed by atoms with Crippen LogP contribution in [0.4, 0.5) is 5.69 Å². The molecule has 1 saturated carbocycles. The molecule has 8 heteroatoms. The number of anilines is 1. The third-order valence-electron chi connectivity index (χ3n) is 3.73. The molecule has 1 aliphatic rings. The SMILES string of the molecule is O=C(NS(=O)(=O)c1ccc(NC(=O)C2CC2)cc1)c1ccccc1Cl. The topological polar surface area (TPSA) is 92.3 Å². The number of carbonyl (C=O) groups excluding carboxylic acids is 2. The van der Waals surface area contributed by atoms with Gasteiger partial charge in [-0.3, -0.25) is 9.59 Å². The van der Waals surface area contributed by atoms with Crippen molar-refractivity contribution in [3.63, 3.8) is 0 Å². The van der Waals surface area contributed by atoms with Gasteiger partial charge < -0.3 is 5.32 Å². The predicted octanol–water partition coefficient (Wildman–Crippen LogP) is 2.81. The van der Waals surface area contributed by atoms with Crippen molar-refractivity contribution in [3.8, 4) is 0 Å². The Morgan fingerprint density at radius 1 is 1.00 bits per heavy atom. The zero-order valence-electron chi connectivity index (χ0n) is 13.0. The van der Waals surface area contributed by atoms with Crippen LogP contribution < -0.4 is 10.0 Å². The smallest absolute Gasteiger partial charge is 0.266 e. The van der Waals surface area contributed by atoms with Crippen LogP contribution in [0.5, 0.6) is 0 Å². The van der Waals surface area contributed by atoms with Gasteiger partial charge in [0.05, 0.1) is 15.5 Å². The summed E-state index contributed by atoms with van der Waals surface area (Å²) in [5, 5.41) is 2.88. The second kappa shape index (κ2) is 6.85. The van der Waals surface area contributed by atoms with Crippen molar-refractivity contribution in [1.82, 2.24) is 4.72 Å². The number of benzene rings is 2. The first kappa shape index (κ1) is 17.4. The highest BCUT2D eigenvalue weighted by atomic mass is 35.5. The normalized spacial score (nSPS) is 14.0. The molecule has 2 aromatic rings. The van der Waals surface area contributed by atoms with Crippen LogP contribution in [-0.4, -0.2) is 20.2 Å². The highest BCUT2D eigenvalue weighted by Gasteiger charge is 2.29. The third kappa shape index (κ3) is 4.18. The summed E-state index contributed by atoms with van der Waals surface area (Å²) in [6.45, 7) is 0. The summed E-state index contributed by atoms with van der Waals surface area (Å²) in [4.78, 5) is 23.7. The molecule has 0 unspecified atom stereocenters. The molecule has 0 aliphatic heterocycles. The largest absolute Gasteiger partial charge is 0.326 e. The van der Waals surface area contributed by atoms with E-state index in [-0.39, 0.29) is 27.3 Å². The second-order valence-corrected chi connectivity index (χ2v) is 7.79. The quantitative estimate of drug-likeness (QED) is 0.836. The molecule has 1 fully saturated rings. The fourth-order valence-electron chi connectivity index (χ4n) is 2.19. The van der Waals surface area contributed by atoms with Crippen molar-refractivity contribution in [1.29, 1.82) is 0 Å². The first-order valence-corrected chi connectivity index (χ1v) is 9.45. The van der Waals surface area contributed by atoms with Gasteiger partial charge in [-0.1, -0.05) is 23.7 Å². The van der Waals surface area contributed by atoms with Crippen LogP contribution in [0.1, 0.15) is 23.2 Å². The lowest BCUT2D eigenvalue weighted by atomic mass is 10.2. The van der Waals surface area contributed by atoms with Gasteiger partial charge in [0.25, 0.3) is 15.9 Å². The molecular weight excluding hydrogens is 364 g/mol. The summed E-state index contributed by atoms with van der Waals surface area (Å²) in [5.41, 5.74) is 0.578. The number of carbonyl (C=O) groups is 2. The molecular formula is C17H15ClN2O4S. The van der Waals surface area contributed by atoms with Gasteiger partial charge in [-0.25, -0.2) is 13.1 Å². The number of amides is 2. The molecule has 0 aromatic heterocycles. The molecule has 25 heavy (non-hydrogen) atoms. The van der Waals surface area contributed by atoms with E-state index in [9.17, 15) is 18.0 Å². The van der Waals surface area contributed by atoms with Crippen LogP contribution in [0.3, 0.4) is 0 Å². The maximum absolute atomic E-state index is 12.3. The van der Waals surface area contributed by atoms with E-state index in [2.05, 4.69) is 5.32 Å². The average molecular weight is 379 g/mol. The van der Waals surface area contributed by atoms with Gasteiger partial charge in [-0.05, 0) is 49.2 Å². The molecule has 2 amide bonds. The van der Waals surface area contributed by atoms with E-state index in [0.29, 0.717) is 5.69 Å². The van der Waals surface area contributed by atoms with E-state index in [1.54, 1.807) is 12.1 Å². The van der Waals surface area contributed by atoms with E-state index in [1.165, 1.54) is 36.4 Å². The minimum Gasteiger partial charge on any atom is -0.326 e. The summed E-state index contributed by atoms with van der Waals surface area (Å²) in [5.74, 6) is -0.822. The van der Waals surface area contributed by atoms with E-state index in [0.717, 1.165) is 12.8 Å². The fourth-order valence-corrected chi connectivity index (χ4v) is 3.38. The molecule has 0 heterocycles. The predicted molar refractivity (Wildman–Crippen MR) is 93.9 cm³/mol. The Hall–Kier alpha value is -2.38. The monoisotopic (exact) mass is 378 g/mol. The van der Waals surface area contributed by atoms with Crippen LogP contribution >= 0.6 is 11.6 Å². The molecule has 130 valence electrons. The molecule has 6 nitrogen and oxygen atoms in total. The third-order valence-corrected chi connectivity index (χ3v) is 5.40. The first-order chi connectivity index (χ1) is 11.9. The highest BCUT2D eigenvalue weighted by Crippen LogP contribution is 2.30. The average Bonchev–Trinajstić information content (AvgIpc) is 3.40. The van der Waals surface area contributed by atoms with E-state index >= 15 is 0 Å². The number of rotatable bonds is 5. The summed E-state index contributed by atoms with van der Waals surface area (Å²) in [7, 11) is -4.04. The Bertz CT molecular complexity index is 922. The van der Waals surface area contributed by atoms with Crippen molar-refractivity contribution in [2.24, 2.45) is 5.92 Å². The van der Waals surface area contributed by atoms with Crippen molar-refractivity contribution in [2.45, 2.75) is 17.7 Å². The molecule has 2 N–H and O–H groups in total. The van der Waals surface area contributed by atoms with Gasteiger partial charge >= 0.3 is 0 Å². The lowest BCUT2D eigenvalue weighted by molar-refractivity contribution is -0.117. The Balaban J connectivity index is 1.72. The van der Waals surface area contributed by atoms with Gasteiger partial charge in [0.2, 0.25) is 5.91 Å². The molecule has 2 aromatic carbocycles. The lowest BCUT2D eigenvalue weighted by Crippen LogP contribution is -2.30. The van der Waals surface area contributed by atoms with Crippen LogP contribution in [-0.2, 0) is 14.8 Å². The minimum atomic E-state index is -4.04. The molecule has 0 saturated heterocycles. The van der Waals surface area contributed by atoms with Crippen LogP contribution in [0.15, 0.2) is 53.4 Å². The Kier molecular flexibility index (Phi) is 4.78. The van der Waals surface area contributed by atoms with Crippen molar-refractivity contribution in [2.75, 3.05) is 5.32 Å². The number of hydrogen-bond acceptors (Lipinski definition) is 4. The van der Waals surface area contributed by atoms with Gasteiger partial charge in [-0.2, -0.15) is 0 Å². The maximum Gasteiger partial charge on any atom is 0.266 e. The fraction of sp³-hybridized carbons (Fsp3) is 0.176. The van der Waals surface area contributed by atoms with Gasteiger partial charge in [0.15, 0.2) is 0 Å². The van der Waals surface area contributed by atoms with Crippen LogP contribution in [0, 0.1) is 5.92 Å². The van der Waals surface area contributed by atoms with E-state index < -0.39 is 15.9 Å². The van der Waals surface area contributed by atoms with Gasteiger partial charge in [-0.15, -0.1) is 0 Å². The van der Waals surface area contributed by atoms with Crippen LogP contribution in [0.2, 0.25) is 5.02 Å². The zero-order valence-corrected chi connectivity index (χ0v) is 14.6. The van der Waals surface area contributed by atoms with Crippen LogP contribution in [0.25, 0.3) is 0 Å². The zero-order chi connectivity index (χ0) is 18.0. The highest BCUT2D eigenvalue weighted by molar-refractivity contribution is 7.90. The summed E-state index contributed by atoms with van der Waals surface area (Å²) in [6, 6.07) is 11.8. The summed E-state index contributed by atoms with van der Waals surface area (Å²) < 4.78 is 26.6. The standard InChI is InChI=1S/C17H15ClN2O4S/c18-15-4-2-1-3-14(15)17(22)20-25(23,24)13-9-7-12(8-10-13)19-16(21)11-5-6-11/h1-4,7-11H,5-6H2,(H,19,21)(H,20,22). The Morgan fingerprint density at radius 3 is 2.24 bits per heavy atom.